The molecule has 0 radical (unpaired) electrons. The first-order valence-corrected chi connectivity index (χ1v) is 8.50. The lowest BCUT2D eigenvalue weighted by molar-refractivity contribution is -0.137. The maximum atomic E-state index is 9.79. The number of rotatable bonds is 11. The van der Waals surface area contributed by atoms with Gasteiger partial charge in [-0.2, -0.15) is 0 Å². The number of carbonyl (C=O) groups is 1. The summed E-state index contributed by atoms with van der Waals surface area (Å²) in [7, 11) is 0. The third-order valence-electron chi connectivity index (χ3n) is 2.83. The molecule has 0 amide bonds. The van der Waals surface area contributed by atoms with Gasteiger partial charge in [-0.1, -0.05) is 56.7 Å². The van der Waals surface area contributed by atoms with E-state index in [2.05, 4.69) is 25.3 Å². The van der Waals surface area contributed by atoms with Crippen LogP contribution in [0.5, 0.6) is 0 Å². The summed E-state index contributed by atoms with van der Waals surface area (Å²) < 4.78 is 0. The van der Waals surface area contributed by atoms with E-state index in [1.807, 2.05) is 18.2 Å². The summed E-state index contributed by atoms with van der Waals surface area (Å²) in [5.41, 5.74) is 0. The number of allylic oxidation sites excluding steroid dienone is 4. The predicted molar refractivity (Wildman–Crippen MR) is 99.6 cm³/mol. The Morgan fingerprint density at radius 2 is 1.88 bits per heavy atom. The highest BCUT2D eigenvalue weighted by Crippen LogP contribution is 1.98. The van der Waals surface area contributed by atoms with Crippen LogP contribution in [0.15, 0.2) is 37.0 Å². The molecule has 0 aromatic heterocycles. The summed E-state index contributed by atoms with van der Waals surface area (Å²) >= 11 is 0. The van der Waals surface area contributed by atoms with Gasteiger partial charge in [-0.05, 0) is 19.3 Å². The molecule has 0 aromatic rings. The summed E-state index contributed by atoms with van der Waals surface area (Å²) in [4.78, 5) is 9.79. The zero-order valence-electron chi connectivity index (χ0n) is 14.8. The topological polar surface area (TPSA) is 77.8 Å². The van der Waals surface area contributed by atoms with Crippen LogP contribution in [0, 0.1) is 11.8 Å². The van der Waals surface area contributed by atoms with Crippen molar-refractivity contribution in [1.29, 1.82) is 0 Å². The Kier molecular flexibility index (Phi) is 21.5. The normalized spacial score (nSPS) is 11.5. The third-order valence-corrected chi connectivity index (χ3v) is 2.83. The van der Waals surface area contributed by atoms with Crippen molar-refractivity contribution in [2.75, 3.05) is 6.61 Å². The number of carboxylic acids is 1. The number of aliphatic hydroxyl groups is 2. The molecule has 0 aromatic carbocycles. The molecular weight excluding hydrogens is 304 g/mol. The third kappa shape index (κ3) is 25.1. The van der Waals surface area contributed by atoms with Crippen molar-refractivity contribution >= 4 is 5.97 Å². The van der Waals surface area contributed by atoms with Crippen molar-refractivity contribution < 1.29 is 20.1 Å². The van der Waals surface area contributed by atoms with Crippen LogP contribution < -0.4 is 0 Å². The number of aliphatic hydroxyl groups excluding tert-OH is 2. The molecule has 4 heteroatoms. The number of hydrogen-bond acceptors (Lipinski definition) is 3. The van der Waals surface area contributed by atoms with Gasteiger partial charge >= 0.3 is 5.97 Å². The Bertz CT molecular complexity index is 413. The summed E-state index contributed by atoms with van der Waals surface area (Å²) in [5, 5.41) is 25.7. The smallest absolute Gasteiger partial charge is 0.303 e. The summed E-state index contributed by atoms with van der Waals surface area (Å²) in [6.07, 6.45) is 14.9. The molecule has 0 saturated heterocycles. The van der Waals surface area contributed by atoms with Crippen LogP contribution in [0.3, 0.4) is 0 Å². The van der Waals surface area contributed by atoms with Gasteiger partial charge in [0, 0.05) is 25.9 Å². The van der Waals surface area contributed by atoms with E-state index in [-0.39, 0.29) is 13.0 Å². The first kappa shape index (κ1) is 24.4. The SMILES string of the molecule is C=C/C=C/C=C/[C@H](O)CC#CCCCCC.O=C(O)CCCCO. The molecule has 0 spiro atoms. The minimum atomic E-state index is -0.793. The van der Waals surface area contributed by atoms with Crippen molar-refractivity contribution in [3.05, 3.63) is 37.0 Å². The molecule has 1 atom stereocenters. The number of unbranched alkanes of at least 4 members (excludes halogenated alkanes) is 4. The number of carboxylic acid groups (broad SMARTS) is 1. The standard InChI is InChI=1S/C15H22O.C5H10O3/c1-3-5-7-9-10-12-14-15(16)13-11-8-6-4-2;6-4-2-1-3-5(7)8/h4,6,8,11,13,15-16H,2-3,5,7,9,14H2,1H3;6H,1-4H2,(H,7,8)/b8-6+,13-11+;/t15-;/m0./s1. The molecule has 0 aliphatic heterocycles. The molecule has 0 fully saturated rings. The van der Waals surface area contributed by atoms with Crippen molar-refractivity contribution in [1.82, 2.24) is 0 Å². The van der Waals surface area contributed by atoms with E-state index in [0.29, 0.717) is 19.3 Å². The maximum absolute atomic E-state index is 9.79. The average molecular weight is 336 g/mol. The Balaban J connectivity index is 0. The molecular formula is C20H32O4. The second kappa shape index (κ2) is 21.2. The average Bonchev–Trinajstić information content (AvgIpc) is 2.55. The molecule has 3 N–H and O–H groups in total. The van der Waals surface area contributed by atoms with Gasteiger partial charge in [0.05, 0.1) is 6.10 Å². The van der Waals surface area contributed by atoms with Gasteiger partial charge in [0.2, 0.25) is 0 Å². The second-order valence-corrected chi connectivity index (χ2v) is 5.16. The minimum Gasteiger partial charge on any atom is -0.481 e. The predicted octanol–water partition coefficient (Wildman–Crippen LogP) is 3.85. The monoisotopic (exact) mass is 336 g/mol. The van der Waals surface area contributed by atoms with Gasteiger partial charge in [0.15, 0.2) is 0 Å². The van der Waals surface area contributed by atoms with Crippen molar-refractivity contribution in [2.45, 2.75) is 64.4 Å². The highest BCUT2D eigenvalue weighted by molar-refractivity contribution is 5.66. The quantitative estimate of drug-likeness (QED) is 0.304. The highest BCUT2D eigenvalue weighted by atomic mass is 16.4. The molecule has 0 saturated carbocycles. The first-order chi connectivity index (χ1) is 11.6. The van der Waals surface area contributed by atoms with Gasteiger partial charge in [-0.15, -0.1) is 11.8 Å². The zero-order valence-corrected chi connectivity index (χ0v) is 14.8. The van der Waals surface area contributed by atoms with E-state index in [1.54, 1.807) is 12.2 Å². The molecule has 4 nitrogen and oxygen atoms in total. The van der Waals surface area contributed by atoms with Crippen LogP contribution in [-0.4, -0.2) is 34.0 Å². The van der Waals surface area contributed by atoms with Gasteiger partial charge < -0.3 is 15.3 Å². The molecule has 0 heterocycles. The lowest BCUT2D eigenvalue weighted by Crippen LogP contribution is -1.98. The number of aliphatic carboxylic acids is 1. The fourth-order valence-electron chi connectivity index (χ4n) is 1.52. The molecule has 0 bridgehead atoms. The van der Waals surface area contributed by atoms with Gasteiger partial charge in [-0.3, -0.25) is 4.79 Å². The Labute approximate surface area is 146 Å². The van der Waals surface area contributed by atoms with Crippen LogP contribution in [0.1, 0.15) is 58.3 Å². The van der Waals surface area contributed by atoms with Crippen LogP contribution in [-0.2, 0) is 4.79 Å². The van der Waals surface area contributed by atoms with Gasteiger partial charge in [0.1, 0.15) is 0 Å². The lowest BCUT2D eigenvalue weighted by atomic mass is 10.2. The fourth-order valence-corrected chi connectivity index (χ4v) is 1.52. The molecule has 0 unspecified atom stereocenters. The molecule has 136 valence electrons. The molecule has 0 aliphatic carbocycles. The van der Waals surface area contributed by atoms with E-state index in [1.165, 1.54) is 12.8 Å². The number of hydrogen-bond donors (Lipinski definition) is 3. The summed E-state index contributed by atoms with van der Waals surface area (Å²) in [5.74, 6) is 5.27. The van der Waals surface area contributed by atoms with Crippen LogP contribution in [0.25, 0.3) is 0 Å². The largest absolute Gasteiger partial charge is 0.481 e. The fraction of sp³-hybridized carbons (Fsp3) is 0.550. The Hall–Kier alpha value is -1.83. The van der Waals surface area contributed by atoms with Crippen LogP contribution >= 0.6 is 0 Å². The second-order valence-electron chi connectivity index (χ2n) is 5.16. The Morgan fingerprint density at radius 3 is 2.46 bits per heavy atom. The van der Waals surface area contributed by atoms with E-state index in [9.17, 15) is 9.90 Å². The molecule has 0 rings (SSSR count). The Morgan fingerprint density at radius 1 is 1.12 bits per heavy atom. The van der Waals surface area contributed by atoms with E-state index in [0.717, 1.165) is 12.8 Å². The molecule has 0 aliphatic rings. The highest BCUT2D eigenvalue weighted by Gasteiger charge is 1.93. The van der Waals surface area contributed by atoms with Crippen molar-refractivity contribution in [3.8, 4) is 11.8 Å². The van der Waals surface area contributed by atoms with Crippen molar-refractivity contribution in [2.24, 2.45) is 0 Å². The maximum Gasteiger partial charge on any atom is 0.303 e. The van der Waals surface area contributed by atoms with E-state index < -0.39 is 12.1 Å². The summed E-state index contributed by atoms with van der Waals surface area (Å²) in [6.45, 7) is 5.83. The van der Waals surface area contributed by atoms with Crippen molar-refractivity contribution in [3.63, 3.8) is 0 Å². The van der Waals surface area contributed by atoms with E-state index >= 15 is 0 Å². The van der Waals surface area contributed by atoms with Crippen LogP contribution in [0.2, 0.25) is 0 Å². The first-order valence-electron chi connectivity index (χ1n) is 8.50. The van der Waals surface area contributed by atoms with Crippen LogP contribution in [0.4, 0.5) is 0 Å². The molecule has 24 heavy (non-hydrogen) atoms. The lowest BCUT2D eigenvalue weighted by Gasteiger charge is -1.96. The minimum absolute atomic E-state index is 0.0906. The zero-order chi connectivity index (χ0) is 18.5. The van der Waals surface area contributed by atoms with Gasteiger partial charge in [0.25, 0.3) is 0 Å². The van der Waals surface area contributed by atoms with Gasteiger partial charge in [-0.25, -0.2) is 0 Å². The summed E-state index contributed by atoms with van der Waals surface area (Å²) in [6, 6.07) is 0. The van der Waals surface area contributed by atoms with E-state index in [4.69, 9.17) is 10.2 Å².